The van der Waals surface area contributed by atoms with Gasteiger partial charge in [-0.2, -0.15) is 0 Å². The van der Waals surface area contributed by atoms with Crippen molar-refractivity contribution in [2.45, 2.75) is 19.8 Å². The molecule has 0 atom stereocenters. The zero-order valence-corrected chi connectivity index (χ0v) is 12.5. The van der Waals surface area contributed by atoms with Gasteiger partial charge in [-0.05, 0) is 31.5 Å². The molecule has 0 heterocycles. The molecule has 0 bridgehead atoms. The summed E-state index contributed by atoms with van der Waals surface area (Å²) in [6.45, 7) is 2.34. The van der Waals surface area contributed by atoms with Crippen molar-refractivity contribution < 1.29 is 14.7 Å². The van der Waals surface area contributed by atoms with Gasteiger partial charge in [0.05, 0.1) is 22.3 Å². The largest absolute Gasteiger partial charge is 0.481 e. The van der Waals surface area contributed by atoms with Crippen molar-refractivity contribution in [1.82, 2.24) is 5.32 Å². The molecule has 1 amide bonds. The number of carboxylic acid groups (broad SMARTS) is 1. The highest BCUT2D eigenvalue weighted by Gasteiger charge is 2.11. The van der Waals surface area contributed by atoms with Gasteiger partial charge in [0, 0.05) is 6.42 Å². The van der Waals surface area contributed by atoms with Crippen LogP contribution in [0, 0.1) is 6.92 Å². The second-order valence-corrected chi connectivity index (χ2v) is 5.06. The number of benzene rings is 1. The predicted molar refractivity (Wildman–Crippen MR) is 79.6 cm³/mol. The standard InChI is InChI=1S/C13H16Cl2N2O3/c1-8-4-5-9(14)13(12(8)15)17-10(18)7-16-6-2-3-11(19)20/h4-5,16H,2-3,6-7H2,1H3,(H,17,18)(H,19,20). The number of hydrogen-bond donors (Lipinski definition) is 3. The fourth-order valence-corrected chi connectivity index (χ4v) is 1.99. The lowest BCUT2D eigenvalue weighted by molar-refractivity contribution is -0.137. The van der Waals surface area contributed by atoms with Gasteiger partial charge in [0.25, 0.3) is 0 Å². The lowest BCUT2D eigenvalue weighted by Crippen LogP contribution is -2.29. The molecule has 1 rings (SSSR count). The maximum atomic E-state index is 11.7. The number of hydrogen-bond acceptors (Lipinski definition) is 3. The van der Waals surface area contributed by atoms with E-state index in [0.29, 0.717) is 28.7 Å². The number of halogens is 2. The average molecular weight is 319 g/mol. The minimum absolute atomic E-state index is 0.0697. The quantitative estimate of drug-likeness (QED) is 0.675. The molecule has 0 aliphatic carbocycles. The van der Waals surface area contributed by atoms with E-state index in [0.717, 1.165) is 5.56 Å². The van der Waals surface area contributed by atoms with Crippen LogP contribution in [-0.4, -0.2) is 30.1 Å². The Balaban J connectivity index is 2.43. The van der Waals surface area contributed by atoms with Crippen LogP contribution in [0.15, 0.2) is 12.1 Å². The fourth-order valence-electron chi connectivity index (χ4n) is 1.52. The summed E-state index contributed by atoms with van der Waals surface area (Å²) in [5, 5.41) is 14.7. The number of carbonyl (C=O) groups is 2. The van der Waals surface area contributed by atoms with Gasteiger partial charge < -0.3 is 15.7 Å². The van der Waals surface area contributed by atoms with Crippen LogP contribution in [0.25, 0.3) is 0 Å². The van der Waals surface area contributed by atoms with Crippen molar-refractivity contribution in [1.29, 1.82) is 0 Å². The Bertz CT molecular complexity index is 507. The van der Waals surface area contributed by atoms with Crippen LogP contribution in [0.4, 0.5) is 5.69 Å². The number of nitrogens with one attached hydrogen (secondary N) is 2. The molecule has 3 N–H and O–H groups in total. The van der Waals surface area contributed by atoms with E-state index in [4.69, 9.17) is 28.3 Å². The van der Waals surface area contributed by atoms with E-state index in [-0.39, 0.29) is 18.9 Å². The van der Waals surface area contributed by atoms with E-state index in [2.05, 4.69) is 10.6 Å². The zero-order valence-electron chi connectivity index (χ0n) is 11.0. The molecule has 0 unspecified atom stereocenters. The molecule has 0 radical (unpaired) electrons. The maximum absolute atomic E-state index is 11.7. The van der Waals surface area contributed by atoms with Crippen molar-refractivity contribution in [2.75, 3.05) is 18.4 Å². The van der Waals surface area contributed by atoms with Crippen LogP contribution >= 0.6 is 23.2 Å². The summed E-state index contributed by atoms with van der Waals surface area (Å²) in [5.74, 6) is -1.13. The third kappa shape index (κ3) is 5.36. The molecule has 20 heavy (non-hydrogen) atoms. The normalized spacial score (nSPS) is 10.3. The summed E-state index contributed by atoms with van der Waals surface area (Å²) in [7, 11) is 0. The van der Waals surface area contributed by atoms with Crippen molar-refractivity contribution in [2.24, 2.45) is 0 Å². The first-order valence-corrected chi connectivity index (χ1v) is 6.84. The number of amides is 1. The summed E-state index contributed by atoms with van der Waals surface area (Å²) in [5.41, 5.74) is 1.21. The monoisotopic (exact) mass is 318 g/mol. The Labute approximate surface area is 127 Å². The molecule has 110 valence electrons. The van der Waals surface area contributed by atoms with E-state index < -0.39 is 5.97 Å². The minimum atomic E-state index is -0.852. The second kappa shape index (κ2) is 8.09. The number of carbonyl (C=O) groups excluding carboxylic acids is 1. The fraction of sp³-hybridized carbons (Fsp3) is 0.385. The second-order valence-electron chi connectivity index (χ2n) is 4.28. The first-order chi connectivity index (χ1) is 9.41. The molecule has 0 aliphatic rings. The SMILES string of the molecule is Cc1ccc(Cl)c(NC(=O)CNCCCC(=O)O)c1Cl. The van der Waals surface area contributed by atoms with Gasteiger partial charge in [-0.25, -0.2) is 0 Å². The smallest absolute Gasteiger partial charge is 0.303 e. The summed E-state index contributed by atoms with van der Waals surface area (Å²) < 4.78 is 0. The van der Waals surface area contributed by atoms with Crippen LogP contribution in [0.5, 0.6) is 0 Å². The van der Waals surface area contributed by atoms with Crippen molar-refractivity contribution in [3.05, 3.63) is 27.7 Å². The van der Waals surface area contributed by atoms with Crippen LogP contribution in [0.2, 0.25) is 10.0 Å². The first kappa shape index (κ1) is 16.8. The molecule has 0 aromatic heterocycles. The van der Waals surface area contributed by atoms with Gasteiger partial charge in [-0.3, -0.25) is 9.59 Å². The van der Waals surface area contributed by atoms with E-state index in [1.807, 2.05) is 6.92 Å². The van der Waals surface area contributed by atoms with Gasteiger partial charge in [0.1, 0.15) is 0 Å². The van der Waals surface area contributed by atoms with Crippen molar-refractivity contribution in [3.8, 4) is 0 Å². The third-order valence-electron chi connectivity index (χ3n) is 2.58. The average Bonchev–Trinajstić information content (AvgIpc) is 2.38. The number of rotatable bonds is 7. The van der Waals surface area contributed by atoms with Gasteiger partial charge in [-0.1, -0.05) is 29.3 Å². The molecule has 7 heteroatoms. The van der Waals surface area contributed by atoms with E-state index in [9.17, 15) is 9.59 Å². The van der Waals surface area contributed by atoms with E-state index in [1.165, 1.54) is 0 Å². The number of anilines is 1. The number of carboxylic acids is 1. The highest BCUT2D eigenvalue weighted by molar-refractivity contribution is 6.40. The molecule has 0 saturated heterocycles. The molecule has 0 aliphatic heterocycles. The first-order valence-electron chi connectivity index (χ1n) is 6.08. The van der Waals surface area contributed by atoms with Gasteiger partial charge in [0.15, 0.2) is 0 Å². The molecule has 1 aromatic carbocycles. The van der Waals surface area contributed by atoms with Crippen molar-refractivity contribution >= 4 is 40.8 Å². The summed E-state index contributed by atoms with van der Waals surface area (Å²) in [6, 6.07) is 3.43. The van der Waals surface area contributed by atoms with Crippen molar-refractivity contribution in [3.63, 3.8) is 0 Å². The Morgan fingerprint density at radius 2 is 2.00 bits per heavy atom. The molecule has 1 aromatic rings. The minimum Gasteiger partial charge on any atom is -0.481 e. The molecular weight excluding hydrogens is 303 g/mol. The molecule has 0 fully saturated rings. The van der Waals surface area contributed by atoms with Crippen LogP contribution in [-0.2, 0) is 9.59 Å². The van der Waals surface area contributed by atoms with Crippen LogP contribution in [0.1, 0.15) is 18.4 Å². The highest BCUT2D eigenvalue weighted by Crippen LogP contribution is 2.32. The molecule has 5 nitrogen and oxygen atoms in total. The topological polar surface area (TPSA) is 78.4 Å². The highest BCUT2D eigenvalue weighted by atomic mass is 35.5. The van der Waals surface area contributed by atoms with Crippen LogP contribution < -0.4 is 10.6 Å². The van der Waals surface area contributed by atoms with Gasteiger partial charge >= 0.3 is 5.97 Å². The molecular formula is C13H16Cl2N2O3. The maximum Gasteiger partial charge on any atom is 0.303 e. The summed E-state index contributed by atoms with van der Waals surface area (Å²) in [4.78, 5) is 22.0. The van der Waals surface area contributed by atoms with Gasteiger partial charge in [0.2, 0.25) is 5.91 Å². The van der Waals surface area contributed by atoms with E-state index >= 15 is 0 Å². The Morgan fingerprint density at radius 1 is 1.30 bits per heavy atom. The Hall–Kier alpha value is -1.30. The number of aryl methyl sites for hydroxylation is 1. The number of aliphatic carboxylic acids is 1. The Kier molecular flexibility index (Phi) is 6.78. The Morgan fingerprint density at radius 3 is 2.65 bits per heavy atom. The third-order valence-corrected chi connectivity index (χ3v) is 3.38. The van der Waals surface area contributed by atoms with E-state index in [1.54, 1.807) is 12.1 Å². The molecule has 0 spiro atoms. The lowest BCUT2D eigenvalue weighted by atomic mass is 10.2. The zero-order chi connectivity index (χ0) is 15.1. The lowest BCUT2D eigenvalue weighted by Gasteiger charge is -2.11. The summed E-state index contributed by atoms with van der Waals surface area (Å²) >= 11 is 12.1. The molecule has 0 saturated carbocycles. The van der Waals surface area contributed by atoms with Gasteiger partial charge in [-0.15, -0.1) is 0 Å². The van der Waals surface area contributed by atoms with Crippen LogP contribution in [0.3, 0.4) is 0 Å². The predicted octanol–water partition coefficient (Wildman–Crippen LogP) is 2.69. The summed E-state index contributed by atoms with van der Waals surface area (Å²) in [6.07, 6.45) is 0.540.